The number of aromatic nitrogens is 1. The lowest BCUT2D eigenvalue weighted by atomic mass is 10.0. The molecule has 126 valence electrons. The molecule has 0 spiro atoms. The molecule has 1 fully saturated rings. The van der Waals surface area contributed by atoms with Gasteiger partial charge in [-0.15, -0.1) is 0 Å². The van der Waals surface area contributed by atoms with Crippen molar-refractivity contribution in [3.05, 3.63) is 58.4 Å². The van der Waals surface area contributed by atoms with Crippen molar-refractivity contribution in [1.29, 1.82) is 0 Å². The summed E-state index contributed by atoms with van der Waals surface area (Å²) in [5.74, 6) is -0.691. The summed E-state index contributed by atoms with van der Waals surface area (Å²) in [6.45, 7) is 1.90. The van der Waals surface area contributed by atoms with Crippen LogP contribution >= 0.6 is 11.6 Å². The normalized spacial score (nSPS) is 17.8. The topological polar surface area (TPSA) is 80.4 Å². The molecule has 1 saturated heterocycles. The molecule has 3 rings (SSSR count). The molecule has 0 radical (unpaired) electrons. The zero-order valence-corrected chi connectivity index (χ0v) is 14.1. The van der Waals surface area contributed by atoms with Gasteiger partial charge < -0.3 is 20.5 Å². The molecule has 1 aliphatic heterocycles. The Morgan fingerprint density at radius 2 is 2.08 bits per heavy atom. The Balaban J connectivity index is 1.95. The first-order valence-corrected chi connectivity index (χ1v) is 8.09. The van der Waals surface area contributed by atoms with Crippen molar-refractivity contribution in [1.82, 2.24) is 14.8 Å². The predicted octanol–water partition coefficient (Wildman–Crippen LogP) is 1.56. The van der Waals surface area contributed by atoms with Gasteiger partial charge in [0.1, 0.15) is 5.69 Å². The number of nitrogens with zero attached hydrogens (tertiary/aromatic N) is 2. The van der Waals surface area contributed by atoms with E-state index in [9.17, 15) is 9.59 Å². The molecule has 0 aliphatic carbocycles. The van der Waals surface area contributed by atoms with E-state index < -0.39 is 5.91 Å². The molecule has 2 amide bonds. The molecular weight excluding hydrogens is 328 g/mol. The SMILES string of the molecule is Cn1cc(C(N)=O)cc1C(=O)N1CCNCC1c1ccccc1Cl. The number of primary amides is 1. The monoisotopic (exact) mass is 346 g/mol. The van der Waals surface area contributed by atoms with Crippen LogP contribution in [0.2, 0.25) is 5.02 Å². The van der Waals surface area contributed by atoms with Crippen molar-refractivity contribution in [3.8, 4) is 0 Å². The van der Waals surface area contributed by atoms with Crippen LogP contribution in [0.5, 0.6) is 0 Å². The fourth-order valence-corrected chi connectivity index (χ4v) is 3.29. The summed E-state index contributed by atoms with van der Waals surface area (Å²) in [6.07, 6.45) is 1.57. The third-order valence-electron chi connectivity index (χ3n) is 4.28. The molecule has 7 heteroatoms. The molecule has 3 N–H and O–H groups in total. The molecule has 1 atom stereocenters. The van der Waals surface area contributed by atoms with Crippen LogP contribution in [-0.2, 0) is 7.05 Å². The maximum Gasteiger partial charge on any atom is 0.271 e. The van der Waals surface area contributed by atoms with Gasteiger partial charge in [0.2, 0.25) is 5.91 Å². The first kappa shape index (κ1) is 16.5. The van der Waals surface area contributed by atoms with Gasteiger partial charge in [-0.3, -0.25) is 9.59 Å². The minimum absolute atomic E-state index is 0.142. The number of hydrogen-bond donors (Lipinski definition) is 2. The number of carbonyl (C=O) groups is 2. The number of halogens is 1. The van der Waals surface area contributed by atoms with E-state index in [1.807, 2.05) is 24.3 Å². The lowest BCUT2D eigenvalue weighted by molar-refractivity contribution is 0.0624. The van der Waals surface area contributed by atoms with Crippen molar-refractivity contribution < 1.29 is 9.59 Å². The van der Waals surface area contributed by atoms with Gasteiger partial charge in [0.05, 0.1) is 11.6 Å². The average molecular weight is 347 g/mol. The molecule has 0 bridgehead atoms. The lowest BCUT2D eigenvalue weighted by Gasteiger charge is -2.37. The minimum Gasteiger partial charge on any atom is -0.366 e. The highest BCUT2D eigenvalue weighted by Gasteiger charge is 2.31. The molecular formula is C17H19ClN4O2. The molecule has 0 saturated carbocycles. The fraction of sp³-hybridized carbons (Fsp3) is 0.294. The number of benzene rings is 1. The molecule has 1 aliphatic rings. The van der Waals surface area contributed by atoms with E-state index >= 15 is 0 Å². The van der Waals surface area contributed by atoms with Crippen LogP contribution in [0.4, 0.5) is 0 Å². The molecule has 1 aromatic carbocycles. The average Bonchev–Trinajstić information content (AvgIpc) is 2.97. The van der Waals surface area contributed by atoms with Crippen LogP contribution in [0.25, 0.3) is 0 Å². The molecule has 2 heterocycles. The van der Waals surface area contributed by atoms with Crippen molar-refractivity contribution in [2.75, 3.05) is 19.6 Å². The van der Waals surface area contributed by atoms with Crippen LogP contribution in [0.3, 0.4) is 0 Å². The van der Waals surface area contributed by atoms with Gasteiger partial charge in [0.25, 0.3) is 5.91 Å². The highest BCUT2D eigenvalue weighted by atomic mass is 35.5. The second-order valence-corrected chi connectivity index (χ2v) is 6.24. The van der Waals surface area contributed by atoms with Gasteiger partial charge in [0, 0.05) is 37.9 Å². The Hall–Kier alpha value is -2.31. The van der Waals surface area contributed by atoms with E-state index in [4.69, 9.17) is 17.3 Å². The van der Waals surface area contributed by atoms with Crippen molar-refractivity contribution in [2.24, 2.45) is 12.8 Å². The van der Waals surface area contributed by atoms with Crippen LogP contribution in [0.1, 0.15) is 32.5 Å². The third kappa shape index (κ3) is 3.02. The van der Waals surface area contributed by atoms with Gasteiger partial charge in [0.15, 0.2) is 0 Å². The van der Waals surface area contributed by atoms with E-state index in [0.29, 0.717) is 35.9 Å². The second kappa shape index (κ2) is 6.67. The number of nitrogens with two attached hydrogens (primary N) is 1. The van der Waals surface area contributed by atoms with Crippen LogP contribution in [0, 0.1) is 0 Å². The van der Waals surface area contributed by atoms with Crippen LogP contribution in [0.15, 0.2) is 36.5 Å². The van der Waals surface area contributed by atoms with Gasteiger partial charge in [-0.05, 0) is 17.7 Å². The highest BCUT2D eigenvalue weighted by molar-refractivity contribution is 6.31. The molecule has 24 heavy (non-hydrogen) atoms. The van der Waals surface area contributed by atoms with E-state index in [0.717, 1.165) is 5.56 Å². The molecule has 1 unspecified atom stereocenters. The van der Waals surface area contributed by atoms with Crippen molar-refractivity contribution >= 4 is 23.4 Å². The van der Waals surface area contributed by atoms with E-state index in [2.05, 4.69) is 5.32 Å². The number of hydrogen-bond acceptors (Lipinski definition) is 3. The maximum atomic E-state index is 13.0. The number of nitrogens with one attached hydrogen (secondary N) is 1. The minimum atomic E-state index is -0.549. The largest absolute Gasteiger partial charge is 0.366 e. The fourth-order valence-electron chi connectivity index (χ4n) is 3.03. The van der Waals surface area contributed by atoms with Gasteiger partial charge in [-0.25, -0.2) is 0 Å². The zero-order valence-electron chi connectivity index (χ0n) is 13.3. The van der Waals surface area contributed by atoms with Crippen molar-refractivity contribution in [2.45, 2.75) is 6.04 Å². The molecule has 2 aromatic rings. The van der Waals surface area contributed by atoms with Crippen molar-refractivity contribution in [3.63, 3.8) is 0 Å². The third-order valence-corrected chi connectivity index (χ3v) is 4.62. The Morgan fingerprint density at radius 3 is 2.75 bits per heavy atom. The summed E-state index contributed by atoms with van der Waals surface area (Å²) in [5, 5.41) is 3.93. The standard InChI is InChI=1S/C17H19ClN4O2/c1-21-10-11(16(19)23)8-14(21)17(24)22-7-6-20-9-15(22)12-4-2-3-5-13(12)18/h2-5,8,10,15,20H,6-7,9H2,1H3,(H2,19,23). The summed E-state index contributed by atoms with van der Waals surface area (Å²) >= 11 is 6.32. The van der Waals surface area contributed by atoms with Gasteiger partial charge in [-0.2, -0.15) is 0 Å². The van der Waals surface area contributed by atoms with E-state index in [-0.39, 0.29) is 11.9 Å². The predicted molar refractivity (Wildman–Crippen MR) is 92.0 cm³/mol. The van der Waals surface area contributed by atoms with E-state index in [1.54, 1.807) is 22.7 Å². The second-order valence-electron chi connectivity index (χ2n) is 5.83. The summed E-state index contributed by atoms with van der Waals surface area (Å²) in [5.41, 5.74) is 6.97. The molecule has 1 aromatic heterocycles. The number of amides is 2. The maximum absolute atomic E-state index is 13.0. The Bertz CT molecular complexity index is 787. The van der Waals surface area contributed by atoms with Crippen LogP contribution in [-0.4, -0.2) is 40.9 Å². The Morgan fingerprint density at radius 1 is 1.33 bits per heavy atom. The number of carbonyl (C=O) groups excluding carboxylic acids is 2. The summed E-state index contributed by atoms with van der Waals surface area (Å²) in [7, 11) is 1.73. The van der Waals surface area contributed by atoms with E-state index in [1.165, 1.54) is 6.07 Å². The number of aryl methyl sites for hydroxylation is 1. The number of piperazine rings is 1. The van der Waals surface area contributed by atoms with Gasteiger partial charge >= 0.3 is 0 Å². The van der Waals surface area contributed by atoms with Crippen LogP contribution < -0.4 is 11.1 Å². The highest BCUT2D eigenvalue weighted by Crippen LogP contribution is 2.29. The lowest BCUT2D eigenvalue weighted by Crippen LogP contribution is -2.49. The number of rotatable bonds is 3. The Kier molecular flexibility index (Phi) is 4.59. The zero-order chi connectivity index (χ0) is 17.3. The first-order chi connectivity index (χ1) is 11.5. The summed E-state index contributed by atoms with van der Waals surface area (Å²) in [4.78, 5) is 26.2. The summed E-state index contributed by atoms with van der Waals surface area (Å²) in [6, 6.07) is 8.90. The quantitative estimate of drug-likeness (QED) is 0.885. The van der Waals surface area contributed by atoms with Gasteiger partial charge in [-0.1, -0.05) is 29.8 Å². The smallest absolute Gasteiger partial charge is 0.271 e. The Labute approximate surface area is 145 Å². The summed E-state index contributed by atoms with van der Waals surface area (Å²) < 4.78 is 1.63. The molecule has 6 nitrogen and oxygen atoms in total. The first-order valence-electron chi connectivity index (χ1n) is 7.71.